The molecule has 3 aliphatic rings. The first kappa shape index (κ1) is 24.0. The number of hydrogen-bond acceptors (Lipinski definition) is 9. The minimum Gasteiger partial charge on any atom is -0.365 e. The fraction of sp³-hybridized carbons (Fsp3) is 0.800. The minimum atomic E-state index is -0.603. The highest BCUT2D eigenvalue weighted by molar-refractivity contribution is 8.00. The minimum absolute atomic E-state index is 0.0403. The zero-order valence-electron chi connectivity index (χ0n) is 17.6. The lowest BCUT2D eigenvalue weighted by molar-refractivity contribution is -0.197. The van der Waals surface area contributed by atoms with Gasteiger partial charge in [0.2, 0.25) is 5.91 Å². The van der Waals surface area contributed by atoms with E-state index in [1.54, 1.807) is 0 Å². The van der Waals surface area contributed by atoms with E-state index in [1.807, 2.05) is 11.8 Å². The van der Waals surface area contributed by atoms with Gasteiger partial charge in [0.1, 0.15) is 0 Å². The van der Waals surface area contributed by atoms with Crippen molar-refractivity contribution in [3.05, 3.63) is 0 Å². The van der Waals surface area contributed by atoms with Gasteiger partial charge in [-0.1, -0.05) is 12.8 Å². The Balaban J connectivity index is 1.14. The number of nitrogens with one attached hydrogen (secondary N) is 3. The first-order valence-corrected chi connectivity index (χ1v) is 12.1. The summed E-state index contributed by atoms with van der Waals surface area (Å²) in [4.78, 5) is 51.2. The molecule has 3 fully saturated rings. The van der Waals surface area contributed by atoms with E-state index in [9.17, 15) is 24.3 Å². The number of hydrogen-bond donors (Lipinski definition) is 4. The molecule has 3 amide bonds. The number of fused-ring (bicyclic) bond motifs is 1. The van der Waals surface area contributed by atoms with Crippen LogP contribution >= 0.6 is 11.8 Å². The molecule has 0 aromatic carbocycles. The number of aliphatic hydroxyl groups is 1. The van der Waals surface area contributed by atoms with E-state index in [2.05, 4.69) is 16.0 Å². The monoisotopic (exact) mass is 456 g/mol. The van der Waals surface area contributed by atoms with E-state index in [0.717, 1.165) is 37.9 Å². The SMILES string of the molecule is O=C(CCCCC1SCC2NC(O)NC21)NCCCCCC(=O)ON1C(=O)CCC1=O. The molecule has 0 aliphatic carbocycles. The highest BCUT2D eigenvalue weighted by Crippen LogP contribution is 2.33. The Kier molecular flexibility index (Phi) is 9.12. The van der Waals surface area contributed by atoms with Gasteiger partial charge in [-0.25, -0.2) is 4.79 Å². The molecule has 0 aromatic heterocycles. The molecule has 0 radical (unpaired) electrons. The molecular weight excluding hydrogens is 424 g/mol. The Bertz CT molecular complexity index is 662. The molecule has 3 heterocycles. The molecule has 0 aromatic rings. The molecule has 3 rings (SSSR count). The molecule has 0 saturated carbocycles. The summed E-state index contributed by atoms with van der Waals surface area (Å²) in [5.74, 6) is -0.487. The highest BCUT2D eigenvalue weighted by atomic mass is 32.2. The fourth-order valence-corrected chi connectivity index (χ4v) is 5.66. The van der Waals surface area contributed by atoms with Gasteiger partial charge in [0.25, 0.3) is 11.8 Å². The predicted octanol–water partition coefficient (Wildman–Crippen LogP) is 0.152. The van der Waals surface area contributed by atoms with Gasteiger partial charge in [0.05, 0.1) is 0 Å². The zero-order valence-corrected chi connectivity index (χ0v) is 18.5. The third-order valence-corrected chi connectivity index (χ3v) is 7.28. The van der Waals surface area contributed by atoms with E-state index < -0.39 is 24.1 Å². The van der Waals surface area contributed by atoms with Gasteiger partial charge in [-0.05, 0) is 25.7 Å². The number of imide groups is 1. The van der Waals surface area contributed by atoms with Gasteiger partial charge >= 0.3 is 5.97 Å². The summed E-state index contributed by atoms with van der Waals surface area (Å²) in [6.45, 7) is 0.562. The number of unbranched alkanes of at least 4 members (excludes halogenated alkanes) is 3. The van der Waals surface area contributed by atoms with Crippen LogP contribution in [0.15, 0.2) is 0 Å². The van der Waals surface area contributed by atoms with Crippen molar-refractivity contribution in [2.24, 2.45) is 0 Å². The van der Waals surface area contributed by atoms with E-state index in [0.29, 0.717) is 41.8 Å². The largest absolute Gasteiger partial charge is 0.365 e. The van der Waals surface area contributed by atoms with Crippen molar-refractivity contribution in [1.29, 1.82) is 0 Å². The lowest BCUT2D eigenvalue weighted by atomic mass is 10.0. The Morgan fingerprint density at radius 3 is 2.58 bits per heavy atom. The first-order valence-electron chi connectivity index (χ1n) is 11.1. The van der Waals surface area contributed by atoms with E-state index >= 15 is 0 Å². The number of thioether (sulfide) groups is 1. The van der Waals surface area contributed by atoms with Crippen LogP contribution in [0.5, 0.6) is 0 Å². The lowest BCUT2D eigenvalue weighted by Crippen LogP contribution is -2.38. The van der Waals surface area contributed by atoms with Crippen LogP contribution < -0.4 is 16.0 Å². The summed E-state index contributed by atoms with van der Waals surface area (Å²) in [7, 11) is 0. The highest BCUT2D eigenvalue weighted by Gasteiger charge is 2.42. The van der Waals surface area contributed by atoms with Crippen molar-refractivity contribution < 1.29 is 29.1 Å². The maximum Gasteiger partial charge on any atom is 0.333 e. The third-order valence-electron chi connectivity index (χ3n) is 5.77. The van der Waals surface area contributed by atoms with E-state index in [-0.39, 0.29) is 25.2 Å². The van der Waals surface area contributed by atoms with Crippen LogP contribution in [0.4, 0.5) is 0 Å². The molecular formula is C20H32N4O6S. The molecule has 3 saturated heterocycles. The van der Waals surface area contributed by atoms with Gasteiger partial charge in [-0.2, -0.15) is 11.8 Å². The molecule has 4 unspecified atom stereocenters. The van der Waals surface area contributed by atoms with Crippen LogP contribution in [0.3, 0.4) is 0 Å². The molecule has 4 N–H and O–H groups in total. The second kappa shape index (κ2) is 11.8. The van der Waals surface area contributed by atoms with E-state index in [4.69, 9.17) is 4.84 Å². The molecule has 4 atom stereocenters. The third kappa shape index (κ3) is 7.16. The Morgan fingerprint density at radius 1 is 1.06 bits per heavy atom. The van der Waals surface area contributed by atoms with Crippen LogP contribution in [-0.2, 0) is 24.0 Å². The first-order chi connectivity index (χ1) is 14.9. The number of aliphatic hydroxyl groups excluding tert-OH is 1. The molecule has 11 heteroatoms. The number of rotatable bonds is 12. The summed E-state index contributed by atoms with van der Waals surface area (Å²) in [5, 5.41) is 19.8. The molecule has 0 bridgehead atoms. The van der Waals surface area contributed by atoms with Crippen LogP contribution in [0, 0.1) is 0 Å². The second-order valence-electron chi connectivity index (χ2n) is 8.19. The second-order valence-corrected chi connectivity index (χ2v) is 9.46. The number of nitrogens with zero attached hydrogens (tertiary/aromatic N) is 1. The van der Waals surface area contributed by atoms with Crippen LogP contribution in [-0.4, -0.2) is 69.8 Å². The number of carbonyl (C=O) groups is 4. The van der Waals surface area contributed by atoms with Gasteiger partial charge in [0.15, 0.2) is 6.35 Å². The summed E-state index contributed by atoms with van der Waals surface area (Å²) in [6, 6.07) is 0.641. The number of carbonyl (C=O) groups excluding carboxylic acids is 4. The zero-order chi connectivity index (χ0) is 22.2. The Hall–Kier alpha value is -1.69. The van der Waals surface area contributed by atoms with Gasteiger partial charge in [0, 0.05) is 55.3 Å². The van der Waals surface area contributed by atoms with Gasteiger partial charge < -0.3 is 15.3 Å². The number of hydroxylamine groups is 2. The normalized spacial score (nSPS) is 27.6. The topological polar surface area (TPSA) is 137 Å². The maximum absolute atomic E-state index is 11.9. The average Bonchev–Trinajstić information content (AvgIpc) is 3.38. The van der Waals surface area contributed by atoms with Crippen molar-refractivity contribution in [2.75, 3.05) is 12.3 Å². The quantitative estimate of drug-likeness (QED) is 0.239. The van der Waals surface area contributed by atoms with Crippen LogP contribution in [0.1, 0.15) is 64.2 Å². The maximum atomic E-state index is 11.9. The van der Waals surface area contributed by atoms with Gasteiger partial charge in [-0.15, -0.1) is 5.06 Å². The summed E-state index contributed by atoms with van der Waals surface area (Å²) in [6.07, 6.45) is 5.14. The summed E-state index contributed by atoms with van der Waals surface area (Å²) < 4.78 is 0. The van der Waals surface area contributed by atoms with Crippen molar-refractivity contribution in [1.82, 2.24) is 21.0 Å². The van der Waals surface area contributed by atoms with Gasteiger partial charge in [-0.3, -0.25) is 25.0 Å². The van der Waals surface area contributed by atoms with Crippen molar-refractivity contribution >= 4 is 35.5 Å². The Labute approximate surface area is 186 Å². The van der Waals surface area contributed by atoms with E-state index in [1.165, 1.54) is 0 Å². The number of amides is 3. The Morgan fingerprint density at radius 2 is 1.81 bits per heavy atom. The molecule has 10 nitrogen and oxygen atoms in total. The fourth-order valence-electron chi connectivity index (χ4n) is 4.09. The van der Waals surface area contributed by atoms with Crippen LogP contribution in [0.25, 0.3) is 0 Å². The van der Waals surface area contributed by atoms with Crippen molar-refractivity contribution in [3.63, 3.8) is 0 Å². The smallest absolute Gasteiger partial charge is 0.333 e. The van der Waals surface area contributed by atoms with Crippen molar-refractivity contribution in [2.45, 2.75) is 87.9 Å². The molecule has 174 valence electrons. The standard InChI is InChI=1S/C20H32N4O6S/c25-15(7-4-3-6-14-19-13(12-31-14)22-20(29)23-19)21-11-5-1-2-8-18(28)30-24-16(26)9-10-17(24)27/h13-14,19-20,22-23,29H,1-12H2,(H,21,25). The predicted molar refractivity (Wildman–Crippen MR) is 113 cm³/mol. The average molecular weight is 457 g/mol. The molecule has 3 aliphatic heterocycles. The summed E-state index contributed by atoms with van der Waals surface area (Å²) in [5.41, 5.74) is 0. The summed E-state index contributed by atoms with van der Waals surface area (Å²) >= 11 is 1.92. The van der Waals surface area contributed by atoms with Crippen LogP contribution in [0.2, 0.25) is 0 Å². The van der Waals surface area contributed by atoms with Crippen molar-refractivity contribution in [3.8, 4) is 0 Å². The molecule has 31 heavy (non-hydrogen) atoms. The molecule has 0 spiro atoms. The lowest BCUT2D eigenvalue weighted by Gasteiger charge is -2.17.